The Balaban J connectivity index is 0.000000132. The largest absolute Gasteiger partial charge is 0.472 e. The zero-order chi connectivity index (χ0) is 96.8. The van der Waals surface area contributed by atoms with E-state index in [4.69, 9.17) is 105 Å². The molecular weight excluding hydrogens is 1970 g/mol. The highest BCUT2D eigenvalue weighted by atomic mass is 31.2. The Kier molecular flexibility index (Phi) is 26.1. The minimum absolute atomic E-state index is 0.0104. The first-order valence-corrected chi connectivity index (χ1v) is 49.4. The molecule has 9 fully saturated rings. The van der Waals surface area contributed by atoms with Gasteiger partial charge >= 0.3 is 46.9 Å². The van der Waals surface area contributed by atoms with E-state index in [1.54, 1.807) is 6.92 Å². The molecule has 6 bridgehead atoms. The number of fused-ring (bicyclic) bond motifs is 15. The highest BCUT2D eigenvalue weighted by molar-refractivity contribution is 7.48. The molecule has 12 aromatic rings. The summed E-state index contributed by atoms with van der Waals surface area (Å²) in [5.41, 5.74) is 17.6. The van der Waals surface area contributed by atoms with Crippen molar-refractivity contribution in [2.45, 2.75) is 161 Å². The van der Waals surface area contributed by atoms with Gasteiger partial charge in [-0.2, -0.15) is 9.97 Å². The Bertz CT molecular complexity index is 7110. The van der Waals surface area contributed by atoms with Crippen LogP contribution in [0.2, 0.25) is 0 Å². The fraction of sp³-hybridized carbons (Fsp3) is 0.515. The topological polar surface area (TPSA) is 894 Å². The van der Waals surface area contributed by atoms with Crippen molar-refractivity contribution in [1.29, 1.82) is 0 Å². The second-order valence-electron chi connectivity index (χ2n) is 31.5. The molecule has 65 nitrogen and oxygen atoms in total. The molecule has 0 radical (unpaired) electrons. The molecular formula is C66H79N25O40P6. The van der Waals surface area contributed by atoms with Crippen molar-refractivity contribution in [3.8, 4) is 0 Å². The van der Waals surface area contributed by atoms with Gasteiger partial charge in [-0.1, -0.05) is 0 Å². The van der Waals surface area contributed by atoms with Gasteiger partial charge < -0.3 is 120 Å². The zero-order valence-electron chi connectivity index (χ0n) is 69.7. The predicted octanol–water partition coefficient (Wildman–Crippen LogP) is -4.06. The summed E-state index contributed by atoms with van der Waals surface area (Å²) in [5, 5.41) is 66.6. The molecule has 21 heterocycles. The summed E-state index contributed by atoms with van der Waals surface area (Å²) in [5.74, 6) is -0.173. The van der Waals surface area contributed by atoms with Gasteiger partial charge in [0.25, 0.3) is 16.7 Å². The second-order valence-corrected chi connectivity index (χ2v) is 39.9. The number of ether oxygens (including phenoxy) is 7. The number of methoxy groups -OCH3 is 1. The number of rotatable bonds is 9. The van der Waals surface area contributed by atoms with Crippen molar-refractivity contribution in [2.24, 2.45) is 0 Å². The fourth-order valence-electron chi connectivity index (χ4n) is 16.5. The van der Waals surface area contributed by atoms with Gasteiger partial charge in [0.2, 0.25) is 11.9 Å². The van der Waals surface area contributed by atoms with E-state index < -0.39 is 250 Å². The number of H-pyrrole nitrogens is 3. The van der Waals surface area contributed by atoms with Crippen LogP contribution in [-0.4, -0.2) is 330 Å². The number of hydrogen-bond acceptors (Lipinski definition) is 50. The number of phosphoric acid groups is 6. The molecule has 738 valence electrons. The van der Waals surface area contributed by atoms with Gasteiger partial charge in [-0.25, -0.2) is 82.2 Å². The minimum Gasteiger partial charge on any atom is -0.397 e. The third kappa shape index (κ3) is 18.9. The number of aliphatic hydroxyl groups is 6. The molecule has 21 N–H and O–H groups in total. The fourth-order valence-corrected chi connectivity index (χ4v) is 22.2. The molecule has 0 saturated carbocycles. The lowest BCUT2D eigenvalue weighted by atomic mass is 10.1. The number of aliphatic hydroxyl groups excluding tert-OH is 6. The molecule has 0 amide bonds. The van der Waals surface area contributed by atoms with E-state index in [2.05, 4.69) is 79.7 Å². The molecule has 0 spiro atoms. The molecule has 21 rings (SSSR count). The lowest BCUT2D eigenvalue weighted by Crippen LogP contribution is -2.36. The number of nitrogens with two attached hydrogens (primary N) is 3. The molecule has 6 unspecified atom stereocenters. The Morgan fingerprint density at radius 3 is 1.20 bits per heavy atom. The van der Waals surface area contributed by atoms with Crippen LogP contribution in [-0.2, 0) is 121 Å². The van der Waals surface area contributed by atoms with Gasteiger partial charge in [-0.05, 0) is 19.1 Å². The van der Waals surface area contributed by atoms with E-state index in [1.165, 1.54) is 87.7 Å². The Labute approximate surface area is 759 Å². The number of anilines is 3. The summed E-state index contributed by atoms with van der Waals surface area (Å²) >= 11 is 0. The predicted molar refractivity (Wildman–Crippen MR) is 442 cm³/mol. The summed E-state index contributed by atoms with van der Waals surface area (Å²) in [6, 6.07) is 3.00. The third-order valence-electron chi connectivity index (χ3n) is 22.8. The van der Waals surface area contributed by atoms with Crippen LogP contribution in [0, 0.1) is 6.92 Å². The average Bonchev–Trinajstić information content (AvgIpc) is 1.62. The smallest absolute Gasteiger partial charge is 0.397 e. The Hall–Kier alpha value is -9.62. The summed E-state index contributed by atoms with van der Waals surface area (Å²) in [6.07, 6.45) is -24.1. The lowest BCUT2D eigenvalue weighted by Gasteiger charge is -2.26. The van der Waals surface area contributed by atoms with Crippen LogP contribution in [0.4, 0.5) is 17.6 Å². The van der Waals surface area contributed by atoms with Crippen LogP contribution < -0.4 is 33.9 Å². The van der Waals surface area contributed by atoms with Crippen molar-refractivity contribution < 1.29 is 175 Å². The molecule has 137 heavy (non-hydrogen) atoms. The number of aryl methyl sites for hydroxylation is 1. The molecule has 12 aromatic heterocycles. The summed E-state index contributed by atoms with van der Waals surface area (Å²) in [6.45, 7) is -2.83. The number of pyridine rings is 2. The van der Waals surface area contributed by atoms with Crippen molar-refractivity contribution >= 4 is 131 Å². The third-order valence-corrected chi connectivity index (χ3v) is 28.7. The summed E-state index contributed by atoms with van der Waals surface area (Å²) in [4.78, 5) is 161. The van der Waals surface area contributed by atoms with Crippen LogP contribution in [0.15, 0.2) is 89.4 Å². The lowest BCUT2D eigenvalue weighted by molar-refractivity contribution is -0.0673. The molecule has 71 heteroatoms. The van der Waals surface area contributed by atoms with Gasteiger partial charge in [0.05, 0.1) is 107 Å². The number of hydrogen-bond donors (Lipinski definition) is 18. The second kappa shape index (κ2) is 37.1. The molecule has 0 aromatic carbocycles. The van der Waals surface area contributed by atoms with Crippen LogP contribution in [0.1, 0.15) is 48.9 Å². The molecule has 0 aliphatic carbocycles. The molecule has 30 atom stereocenters. The maximum atomic E-state index is 13.3. The number of phosphoric ester groups is 6. The van der Waals surface area contributed by atoms with E-state index in [0.29, 0.717) is 46.8 Å². The first-order chi connectivity index (χ1) is 65.1. The van der Waals surface area contributed by atoms with E-state index in [0.717, 1.165) is 21.8 Å². The van der Waals surface area contributed by atoms with Gasteiger partial charge in [0, 0.05) is 25.9 Å². The SMILES string of the molecule is COCCc1ncnc2c1ncn2[C@@H]1O[C@@H]2COP(=O)(O)O[C@@H]3[C@H](O)[C@@H](COP(=O)(O)O[C@H]2[C@H]1O)O[C@H]3n1cnc2c(=O)[nH]c(N)nc21.Cc1ncc2ncn([C@@H]3O[C@@H]4COP(=O)(O)O[C@@H]5[C@H](O)[C@@H](COP(=O)(O)O[C@H]4[C@H]3O)O[C@H]5n3cnc4c(=O)[nH]c(N)nc43)c2n1.Nc1ccnc2c1ncn2[C@@H]1O[C@@H]2COP(=O)(O)O[C@@H]3[C@H](O)[C@@H](COP(=O)(O)O[C@H]2[C@H]1O)O[C@H]3n1cnc2c(=O)[nH]ccc21. The first-order valence-electron chi connectivity index (χ1n) is 40.4. The maximum absolute atomic E-state index is 13.3. The average molecular weight is 2050 g/mol. The van der Waals surface area contributed by atoms with Crippen LogP contribution >= 0.6 is 46.9 Å². The van der Waals surface area contributed by atoms with Crippen molar-refractivity contribution in [2.75, 3.05) is 70.6 Å². The van der Waals surface area contributed by atoms with Gasteiger partial charge in [-0.15, -0.1) is 0 Å². The number of nitrogens with zero attached hydrogens (tertiary/aromatic N) is 19. The number of nitrogen functional groups attached to an aromatic ring is 3. The number of nitrogens with one attached hydrogen (secondary N) is 3. The zero-order valence-corrected chi connectivity index (χ0v) is 75.0. The quantitative estimate of drug-likeness (QED) is 0.0611. The van der Waals surface area contributed by atoms with E-state index >= 15 is 0 Å². The Morgan fingerprint density at radius 1 is 0.394 bits per heavy atom. The molecule has 9 aliphatic rings. The standard InChI is InChI=1S/C23H29N9O14P2.C22H25N7O13P2.C21H25N9O13P2/c1-40-3-2-9-12-18(26-6-25-9)31(7-27-12)21-15(34)16-11(44-21)5-42-48(38,39)46-17-14(33)10(4-41-47(36,37)45-16)43-22(17)32-8-28-13-19(32)29-23(24)30-20(13)35;23-9-1-3-24-19-13(9)26-8-29(19)21-16(31)17-12(40-21)6-38-44(35,36)42-18-15(30)11(5-37-43(33,34)41-17)39-22(18)28-7-27-14-10(28)2-4-25-20(14)32;1-7-23-2-8-16(26-7)29(5-24-8)19-13(32)14-10(41-19)4-39-45(36,37)43-15-12(31)9(3-38-44(34,35)42-14)40-20(15)30-6-25-11-17(30)27-21(22)28-18(11)33/h6-8,10-11,14-17,21-22,33-34H,2-5H2,1H3,(H,36,37)(H,38,39)(H3,24,29,30,35);1-4,7-8,11-12,15-18,21-22,30-31H,5-6H2,(H2,23,24)(H,25,32)(H,33,34)(H,35,36);2,5-6,9-10,12-15,19-20,31-32H,3-4H2,1H3,(H,34,35)(H,36,37)(H3,22,27,28,33)/t10-,11-,14-,15-,16-,17-,21-,22-;11-,12-,15-,16-,17-,18-,21-,22-;9-,10-,12-,13-,14-,15-,19-,20-/m111/s1. The highest BCUT2D eigenvalue weighted by Gasteiger charge is 2.59. The number of aromatic nitrogens is 22. The number of imidazole rings is 6. The highest BCUT2D eigenvalue weighted by Crippen LogP contribution is 2.59. The van der Waals surface area contributed by atoms with Crippen molar-refractivity contribution in [3.63, 3.8) is 0 Å². The van der Waals surface area contributed by atoms with Crippen LogP contribution in [0.25, 0.3) is 66.9 Å². The van der Waals surface area contributed by atoms with Crippen molar-refractivity contribution in [3.05, 3.63) is 118 Å². The maximum Gasteiger partial charge on any atom is 0.472 e. The normalized spacial score (nSPS) is 37.3. The Morgan fingerprint density at radius 2 is 0.759 bits per heavy atom. The van der Waals surface area contributed by atoms with E-state index in [-0.39, 0.29) is 62.2 Å². The van der Waals surface area contributed by atoms with Gasteiger partial charge in [0.1, 0.15) is 139 Å². The molecule has 9 aliphatic heterocycles. The van der Waals surface area contributed by atoms with Gasteiger partial charge in [0.15, 0.2) is 82.2 Å². The van der Waals surface area contributed by atoms with E-state index in [9.17, 15) is 102 Å². The monoisotopic (exact) mass is 2050 g/mol. The van der Waals surface area contributed by atoms with Crippen LogP contribution in [0.3, 0.4) is 0 Å². The first kappa shape index (κ1) is 96.3. The van der Waals surface area contributed by atoms with E-state index in [1.807, 2.05) is 0 Å². The van der Waals surface area contributed by atoms with Crippen molar-refractivity contribution in [1.82, 2.24) is 107 Å². The molecule has 9 saturated heterocycles. The summed E-state index contributed by atoms with van der Waals surface area (Å²) in [7, 11) is -28.9. The van der Waals surface area contributed by atoms with Crippen LogP contribution in [0.5, 0.6) is 0 Å². The number of aromatic amines is 3. The summed E-state index contributed by atoms with van der Waals surface area (Å²) < 4.78 is 189. The minimum atomic E-state index is -5.12. The van der Waals surface area contributed by atoms with Gasteiger partial charge in [-0.3, -0.25) is 101 Å².